The molecule has 0 radical (unpaired) electrons. The van der Waals surface area contributed by atoms with Crippen LogP contribution < -0.4 is 11.5 Å². The summed E-state index contributed by atoms with van der Waals surface area (Å²) in [6, 6.07) is 7.51. The Labute approximate surface area is 181 Å². The third-order valence-corrected chi connectivity index (χ3v) is 5.33. The first-order valence-corrected chi connectivity index (χ1v) is 11.2. The van der Waals surface area contributed by atoms with E-state index in [0.717, 1.165) is 31.3 Å². The summed E-state index contributed by atoms with van der Waals surface area (Å²) in [4.78, 5) is 15.0. The molecule has 1 rings (SSSR count). The maximum atomic E-state index is 11.0. The van der Waals surface area contributed by atoms with Crippen LogP contribution in [0.15, 0.2) is 40.9 Å². The maximum absolute atomic E-state index is 11.0. The summed E-state index contributed by atoms with van der Waals surface area (Å²) in [6.07, 6.45) is 13.6. The first kappa shape index (κ1) is 25.5. The van der Waals surface area contributed by atoms with Crippen molar-refractivity contribution in [2.24, 2.45) is 22.4 Å². The van der Waals surface area contributed by atoms with E-state index in [2.05, 4.69) is 11.9 Å². The molecule has 0 aliphatic rings. The fraction of sp³-hybridized carbons (Fsp3) is 0.583. The molecule has 0 amide bonds. The number of hydrogen-bond acceptors (Lipinski definition) is 3. The van der Waals surface area contributed by atoms with E-state index in [1.54, 1.807) is 12.1 Å². The van der Waals surface area contributed by atoms with Gasteiger partial charge in [-0.05, 0) is 48.4 Å². The fourth-order valence-corrected chi connectivity index (χ4v) is 3.70. The van der Waals surface area contributed by atoms with E-state index in [4.69, 9.17) is 16.6 Å². The Morgan fingerprint density at radius 2 is 1.67 bits per heavy atom. The van der Waals surface area contributed by atoms with Gasteiger partial charge in [-0.1, -0.05) is 70.4 Å². The van der Waals surface area contributed by atoms with Crippen LogP contribution in [0.5, 0.6) is 5.75 Å². The molecule has 0 aromatic heterocycles. The normalized spacial score (nSPS) is 12.5. The summed E-state index contributed by atoms with van der Waals surface area (Å²) in [5.41, 5.74) is 12.7. The number of aliphatic imine (C=N–C) groups is 1. The van der Waals surface area contributed by atoms with Gasteiger partial charge in [-0.15, -0.1) is 0 Å². The molecule has 0 spiro atoms. The van der Waals surface area contributed by atoms with Gasteiger partial charge >= 0.3 is 5.97 Å². The number of nitrogens with zero attached hydrogens (tertiary/aromatic N) is 1. The van der Waals surface area contributed by atoms with Gasteiger partial charge in [0.25, 0.3) is 0 Å². The van der Waals surface area contributed by atoms with Crippen molar-refractivity contribution in [2.45, 2.75) is 77.6 Å². The highest BCUT2D eigenvalue weighted by molar-refractivity contribution is 5.81. The lowest BCUT2D eigenvalue weighted by atomic mass is 9.88. The largest absolute Gasteiger partial charge is 0.508 e. The quantitative estimate of drug-likeness (QED) is 0.134. The molecule has 6 N–H and O–H groups in total. The lowest BCUT2D eigenvalue weighted by Gasteiger charge is -2.17. The molecular formula is C24H39N3O3. The minimum atomic E-state index is -0.965. The van der Waals surface area contributed by atoms with Gasteiger partial charge in [-0.3, -0.25) is 0 Å². The first-order valence-electron chi connectivity index (χ1n) is 11.2. The lowest BCUT2D eigenvalue weighted by Crippen LogP contribution is -2.23. The van der Waals surface area contributed by atoms with Crippen LogP contribution in [0.4, 0.5) is 0 Å². The summed E-state index contributed by atoms with van der Waals surface area (Å²) in [7, 11) is 0. The van der Waals surface area contributed by atoms with Gasteiger partial charge in [0, 0.05) is 6.08 Å². The second-order valence-electron chi connectivity index (χ2n) is 8.07. The number of phenols is 1. The summed E-state index contributed by atoms with van der Waals surface area (Å²) in [6.45, 7) is 2.47. The van der Waals surface area contributed by atoms with E-state index in [9.17, 15) is 9.90 Å². The summed E-state index contributed by atoms with van der Waals surface area (Å²) >= 11 is 0. The average Bonchev–Trinajstić information content (AvgIpc) is 2.69. The zero-order valence-electron chi connectivity index (χ0n) is 18.4. The van der Waals surface area contributed by atoms with Crippen LogP contribution in [-0.2, 0) is 11.2 Å². The molecule has 6 nitrogen and oxygen atoms in total. The Morgan fingerprint density at radius 3 is 2.27 bits per heavy atom. The zero-order chi connectivity index (χ0) is 22.2. The molecule has 0 fully saturated rings. The van der Waals surface area contributed by atoms with Gasteiger partial charge in [0.1, 0.15) is 5.75 Å². The van der Waals surface area contributed by atoms with Gasteiger partial charge in [0.15, 0.2) is 5.96 Å². The Kier molecular flexibility index (Phi) is 13.1. The number of carboxylic acid groups (broad SMARTS) is 1. The molecule has 168 valence electrons. The molecule has 1 atom stereocenters. The molecule has 0 saturated carbocycles. The number of guanidine groups is 1. The van der Waals surface area contributed by atoms with Crippen LogP contribution in [0.1, 0.15) is 76.7 Å². The van der Waals surface area contributed by atoms with Crippen molar-refractivity contribution in [1.82, 2.24) is 0 Å². The molecule has 1 aromatic carbocycles. The number of aromatic hydroxyl groups is 1. The Bertz CT molecular complexity index is 665. The van der Waals surface area contributed by atoms with Gasteiger partial charge in [-0.25, -0.2) is 9.79 Å². The molecule has 0 unspecified atom stereocenters. The molecular weight excluding hydrogens is 378 g/mol. The smallest absolute Gasteiger partial charge is 0.328 e. The molecule has 0 aliphatic heterocycles. The number of hydrogen-bond donors (Lipinski definition) is 4. The van der Waals surface area contributed by atoms with E-state index < -0.39 is 5.97 Å². The highest BCUT2D eigenvalue weighted by Gasteiger charge is 2.11. The maximum Gasteiger partial charge on any atom is 0.328 e. The van der Waals surface area contributed by atoms with E-state index >= 15 is 0 Å². The Balaban J connectivity index is 2.54. The highest BCUT2D eigenvalue weighted by Crippen LogP contribution is 2.24. The molecule has 6 heteroatoms. The third-order valence-electron chi connectivity index (χ3n) is 5.33. The van der Waals surface area contributed by atoms with Gasteiger partial charge in [-0.2, -0.15) is 0 Å². The van der Waals surface area contributed by atoms with Crippen molar-refractivity contribution in [3.63, 3.8) is 0 Å². The Hall–Kier alpha value is -2.50. The third kappa shape index (κ3) is 12.9. The predicted octanol–water partition coefficient (Wildman–Crippen LogP) is 4.76. The van der Waals surface area contributed by atoms with E-state index in [-0.39, 0.29) is 12.5 Å². The lowest BCUT2D eigenvalue weighted by molar-refractivity contribution is -0.131. The number of unbranched alkanes of at least 4 members (excludes halogenated alkanes) is 5. The van der Waals surface area contributed by atoms with Crippen LogP contribution in [0.3, 0.4) is 0 Å². The van der Waals surface area contributed by atoms with Crippen LogP contribution in [0.2, 0.25) is 0 Å². The molecule has 1 aromatic rings. The minimum absolute atomic E-state index is 0.0247. The number of rotatable bonds is 16. The van der Waals surface area contributed by atoms with Gasteiger partial charge in [0.05, 0.1) is 6.54 Å². The second-order valence-corrected chi connectivity index (χ2v) is 8.07. The van der Waals surface area contributed by atoms with Crippen molar-refractivity contribution < 1.29 is 15.0 Å². The standard InChI is InChI=1S/C24H39N3O3/c1-2-3-4-5-6-9-19(16-20-12-14-22(28)15-13-20)10-7-8-11-21(17-23(29)30)18-27-24(25)26/h12-15,17,19,28H,2-11,16,18H2,1H3,(H,29,30)(H4,25,26,27)/b21-17-/t19-/m1/s1. The Morgan fingerprint density at radius 1 is 1.03 bits per heavy atom. The molecule has 0 bridgehead atoms. The summed E-state index contributed by atoms with van der Waals surface area (Å²) < 4.78 is 0. The van der Waals surface area contributed by atoms with Gasteiger partial charge in [0.2, 0.25) is 0 Å². The second kappa shape index (κ2) is 15.4. The number of carboxylic acids is 1. The number of benzene rings is 1. The molecule has 0 aliphatic carbocycles. The van der Waals surface area contributed by atoms with E-state index in [0.29, 0.717) is 18.1 Å². The molecule has 30 heavy (non-hydrogen) atoms. The zero-order valence-corrected chi connectivity index (χ0v) is 18.4. The van der Waals surface area contributed by atoms with Crippen LogP contribution >= 0.6 is 0 Å². The van der Waals surface area contributed by atoms with Crippen LogP contribution in [-0.4, -0.2) is 28.7 Å². The first-order chi connectivity index (χ1) is 14.4. The van der Waals surface area contributed by atoms with Gasteiger partial charge < -0.3 is 21.7 Å². The summed E-state index contributed by atoms with van der Waals surface area (Å²) in [5, 5.41) is 18.5. The van der Waals surface area contributed by atoms with E-state index in [1.807, 2.05) is 12.1 Å². The van der Waals surface area contributed by atoms with Crippen LogP contribution in [0, 0.1) is 5.92 Å². The minimum Gasteiger partial charge on any atom is -0.508 e. The van der Waals surface area contributed by atoms with Crippen molar-refractivity contribution in [3.05, 3.63) is 41.5 Å². The monoisotopic (exact) mass is 417 g/mol. The van der Waals surface area contributed by atoms with Crippen molar-refractivity contribution in [1.29, 1.82) is 0 Å². The molecule has 0 heterocycles. The SMILES string of the molecule is CCCCCCC[C@H](CCCC/C(=C/C(=O)O)CN=C(N)N)Cc1ccc(O)cc1. The van der Waals surface area contributed by atoms with Crippen LogP contribution in [0.25, 0.3) is 0 Å². The number of aliphatic carboxylic acids is 1. The van der Waals surface area contributed by atoms with E-state index in [1.165, 1.54) is 50.2 Å². The van der Waals surface area contributed by atoms with Crippen molar-refractivity contribution >= 4 is 11.9 Å². The fourth-order valence-electron chi connectivity index (χ4n) is 3.70. The summed E-state index contributed by atoms with van der Waals surface area (Å²) in [5.74, 6) is -0.0921. The number of nitrogens with two attached hydrogens (primary N) is 2. The van der Waals surface area contributed by atoms with Crippen molar-refractivity contribution in [2.75, 3.05) is 6.54 Å². The average molecular weight is 418 g/mol. The number of carbonyl (C=O) groups is 1. The predicted molar refractivity (Wildman–Crippen MR) is 124 cm³/mol. The molecule has 0 saturated heterocycles. The van der Waals surface area contributed by atoms with Crippen molar-refractivity contribution in [3.8, 4) is 5.75 Å². The number of phenolic OH excluding ortho intramolecular Hbond substituents is 1. The highest BCUT2D eigenvalue weighted by atomic mass is 16.4. The topological polar surface area (TPSA) is 122 Å².